The molecule has 2 aromatic rings. The number of nitrogens with zero attached hydrogens (tertiary/aromatic N) is 2. The Morgan fingerprint density at radius 1 is 1.22 bits per heavy atom. The van der Waals surface area contributed by atoms with Crippen LogP contribution in [0.25, 0.3) is 11.4 Å². The fraction of sp³-hybridized carbons (Fsp3) is 0.357. The SMILES string of the molecule is COCn1ccnc1-c1ccc(OC(C)C)cc1. The average Bonchev–Trinajstić information content (AvgIpc) is 2.78. The lowest BCUT2D eigenvalue weighted by Gasteiger charge is -2.10. The maximum absolute atomic E-state index is 5.61. The summed E-state index contributed by atoms with van der Waals surface area (Å²) in [7, 11) is 1.67. The minimum absolute atomic E-state index is 0.186. The van der Waals surface area contributed by atoms with Crippen LogP contribution in [0.5, 0.6) is 5.75 Å². The van der Waals surface area contributed by atoms with Crippen molar-refractivity contribution >= 4 is 0 Å². The van der Waals surface area contributed by atoms with E-state index < -0.39 is 0 Å². The molecule has 0 saturated heterocycles. The van der Waals surface area contributed by atoms with E-state index in [0.717, 1.165) is 17.1 Å². The highest BCUT2D eigenvalue weighted by Crippen LogP contribution is 2.21. The summed E-state index contributed by atoms with van der Waals surface area (Å²) in [5, 5.41) is 0. The lowest BCUT2D eigenvalue weighted by molar-refractivity contribution is 0.132. The van der Waals surface area contributed by atoms with E-state index in [4.69, 9.17) is 9.47 Å². The van der Waals surface area contributed by atoms with Crippen LogP contribution in [-0.2, 0) is 11.5 Å². The van der Waals surface area contributed by atoms with Gasteiger partial charge >= 0.3 is 0 Å². The Kier molecular flexibility index (Phi) is 3.99. The van der Waals surface area contributed by atoms with Crippen LogP contribution in [0.15, 0.2) is 36.7 Å². The summed E-state index contributed by atoms with van der Waals surface area (Å²) in [6.45, 7) is 4.53. The Morgan fingerprint density at radius 2 is 1.94 bits per heavy atom. The normalized spacial score (nSPS) is 10.9. The first kappa shape index (κ1) is 12.6. The summed E-state index contributed by atoms with van der Waals surface area (Å²) in [6.07, 6.45) is 3.86. The number of imidazole rings is 1. The van der Waals surface area contributed by atoms with Crippen LogP contribution in [-0.4, -0.2) is 22.8 Å². The van der Waals surface area contributed by atoms with Gasteiger partial charge in [-0.3, -0.25) is 0 Å². The fourth-order valence-corrected chi connectivity index (χ4v) is 1.77. The highest BCUT2D eigenvalue weighted by molar-refractivity contribution is 5.56. The molecule has 2 rings (SSSR count). The van der Waals surface area contributed by atoms with Gasteiger partial charge < -0.3 is 14.0 Å². The third kappa shape index (κ3) is 2.90. The zero-order valence-electron chi connectivity index (χ0n) is 11.0. The second-order valence-electron chi connectivity index (χ2n) is 4.33. The monoisotopic (exact) mass is 246 g/mol. The topological polar surface area (TPSA) is 36.3 Å². The van der Waals surface area contributed by atoms with E-state index in [1.165, 1.54) is 0 Å². The molecule has 0 saturated carbocycles. The molecule has 0 aliphatic rings. The maximum atomic E-state index is 5.61. The van der Waals surface area contributed by atoms with Crippen LogP contribution < -0.4 is 4.74 Å². The Hall–Kier alpha value is -1.81. The third-order valence-electron chi connectivity index (χ3n) is 2.47. The van der Waals surface area contributed by atoms with Gasteiger partial charge in [-0.2, -0.15) is 0 Å². The van der Waals surface area contributed by atoms with Crippen molar-refractivity contribution in [3.8, 4) is 17.1 Å². The Balaban J connectivity index is 2.20. The molecule has 1 aromatic heterocycles. The van der Waals surface area contributed by atoms with E-state index in [0.29, 0.717) is 6.73 Å². The summed E-state index contributed by atoms with van der Waals surface area (Å²) in [5.74, 6) is 1.77. The summed E-state index contributed by atoms with van der Waals surface area (Å²) in [6, 6.07) is 7.93. The Bertz CT molecular complexity index is 489. The molecule has 4 heteroatoms. The quantitative estimate of drug-likeness (QED) is 0.813. The fourth-order valence-electron chi connectivity index (χ4n) is 1.77. The van der Waals surface area contributed by atoms with Gasteiger partial charge in [0.25, 0.3) is 0 Å². The number of methoxy groups -OCH3 is 1. The van der Waals surface area contributed by atoms with Gasteiger partial charge in [0, 0.05) is 25.1 Å². The molecule has 0 atom stereocenters. The van der Waals surface area contributed by atoms with Crippen molar-refractivity contribution in [2.45, 2.75) is 26.7 Å². The molecular weight excluding hydrogens is 228 g/mol. The van der Waals surface area contributed by atoms with Crippen LogP contribution >= 0.6 is 0 Å². The predicted molar refractivity (Wildman–Crippen MR) is 70.4 cm³/mol. The molecule has 0 amide bonds. The maximum Gasteiger partial charge on any atom is 0.141 e. The summed E-state index contributed by atoms with van der Waals surface area (Å²) < 4.78 is 12.7. The van der Waals surface area contributed by atoms with E-state index in [1.807, 2.05) is 48.9 Å². The molecule has 0 N–H and O–H groups in total. The number of hydrogen-bond donors (Lipinski definition) is 0. The molecule has 0 spiro atoms. The molecule has 0 aliphatic heterocycles. The number of aromatic nitrogens is 2. The largest absolute Gasteiger partial charge is 0.491 e. The molecule has 0 fully saturated rings. The molecule has 0 bridgehead atoms. The van der Waals surface area contributed by atoms with Gasteiger partial charge in [-0.05, 0) is 38.1 Å². The molecule has 1 heterocycles. The van der Waals surface area contributed by atoms with Crippen molar-refractivity contribution in [2.75, 3.05) is 7.11 Å². The first-order valence-corrected chi connectivity index (χ1v) is 5.98. The zero-order valence-corrected chi connectivity index (χ0v) is 11.0. The van der Waals surface area contributed by atoms with Gasteiger partial charge in [-0.25, -0.2) is 4.98 Å². The first-order chi connectivity index (χ1) is 8.70. The lowest BCUT2D eigenvalue weighted by Crippen LogP contribution is -2.05. The van der Waals surface area contributed by atoms with Crippen LogP contribution in [0.4, 0.5) is 0 Å². The van der Waals surface area contributed by atoms with Crippen LogP contribution in [0, 0.1) is 0 Å². The van der Waals surface area contributed by atoms with Crippen molar-refractivity contribution < 1.29 is 9.47 Å². The minimum atomic E-state index is 0.186. The van der Waals surface area contributed by atoms with Gasteiger partial charge in [-0.1, -0.05) is 0 Å². The number of hydrogen-bond acceptors (Lipinski definition) is 3. The van der Waals surface area contributed by atoms with E-state index in [-0.39, 0.29) is 6.10 Å². The molecule has 18 heavy (non-hydrogen) atoms. The molecule has 96 valence electrons. The third-order valence-corrected chi connectivity index (χ3v) is 2.47. The van der Waals surface area contributed by atoms with Crippen LogP contribution in [0.1, 0.15) is 13.8 Å². The summed E-state index contributed by atoms with van der Waals surface area (Å²) in [5.41, 5.74) is 1.05. The van der Waals surface area contributed by atoms with Crippen molar-refractivity contribution in [1.82, 2.24) is 9.55 Å². The highest BCUT2D eigenvalue weighted by atomic mass is 16.5. The summed E-state index contributed by atoms with van der Waals surface area (Å²) >= 11 is 0. The molecule has 0 aliphatic carbocycles. The second kappa shape index (κ2) is 5.69. The highest BCUT2D eigenvalue weighted by Gasteiger charge is 2.06. The van der Waals surface area contributed by atoms with E-state index in [2.05, 4.69) is 4.98 Å². The van der Waals surface area contributed by atoms with Gasteiger partial charge in [0.1, 0.15) is 18.3 Å². The van der Waals surface area contributed by atoms with Crippen molar-refractivity contribution in [1.29, 1.82) is 0 Å². The molecule has 0 radical (unpaired) electrons. The minimum Gasteiger partial charge on any atom is -0.491 e. The van der Waals surface area contributed by atoms with Gasteiger partial charge in [0.2, 0.25) is 0 Å². The molecular formula is C14H18N2O2. The van der Waals surface area contributed by atoms with E-state index >= 15 is 0 Å². The number of rotatable bonds is 5. The van der Waals surface area contributed by atoms with E-state index in [1.54, 1.807) is 13.3 Å². The number of benzene rings is 1. The predicted octanol–water partition coefficient (Wildman–Crippen LogP) is 2.94. The summed E-state index contributed by atoms with van der Waals surface area (Å²) in [4.78, 5) is 4.34. The van der Waals surface area contributed by atoms with Gasteiger partial charge in [0.05, 0.1) is 6.10 Å². The Morgan fingerprint density at radius 3 is 2.56 bits per heavy atom. The van der Waals surface area contributed by atoms with Crippen molar-refractivity contribution in [3.63, 3.8) is 0 Å². The molecule has 4 nitrogen and oxygen atoms in total. The zero-order chi connectivity index (χ0) is 13.0. The number of ether oxygens (including phenoxy) is 2. The standard InChI is InChI=1S/C14H18N2O2/c1-11(2)18-13-6-4-12(5-7-13)14-15-8-9-16(14)10-17-3/h4-9,11H,10H2,1-3H3. The van der Waals surface area contributed by atoms with Crippen LogP contribution in [0.3, 0.4) is 0 Å². The van der Waals surface area contributed by atoms with Crippen LogP contribution in [0.2, 0.25) is 0 Å². The van der Waals surface area contributed by atoms with E-state index in [9.17, 15) is 0 Å². The van der Waals surface area contributed by atoms with Crippen molar-refractivity contribution in [3.05, 3.63) is 36.7 Å². The Labute approximate surface area is 107 Å². The average molecular weight is 246 g/mol. The molecule has 1 aromatic carbocycles. The van der Waals surface area contributed by atoms with Gasteiger partial charge in [-0.15, -0.1) is 0 Å². The first-order valence-electron chi connectivity index (χ1n) is 5.98. The molecule has 0 unspecified atom stereocenters. The van der Waals surface area contributed by atoms with Gasteiger partial charge in [0.15, 0.2) is 0 Å². The second-order valence-corrected chi connectivity index (χ2v) is 4.33. The smallest absolute Gasteiger partial charge is 0.141 e. The van der Waals surface area contributed by atoms with Crippen molar-refractivity contribution in [2.24, 2.45) is 0 Å². The lowest BCUT2D eigenvalue weighted by atomic mass is 10.2.